The lowest BCUT2D eigenvalue weighted by molar-refractivity contribution is -0.127. The van der Waals surface area contributed by atoms with E-state index in [-0.39, 0.29) is 6.42 Å². The fourth-order valence-corrected chi connectivity index (χ4v) is 1.37. The second-order valence-corrected chi connectivity index (χ2v) is 3.72. The molecule has 0 unspecified atom stereocenters. The van der Waals surface area contributed by atoms with E-state index in [2.05, 4.69) is 0 Å². The lowest BCUT2D eigenvalue weighted by Crippen LogP contribution is -2.36. The number of rotatable bonds is 4. The van der Waals surface area contributed by atoms with Crippen LogP contribution in [0.4, 0.5) is 5.69 Å². The first kappa shape index (κ1) is 14.6. The van der Waals surface area contributed by atoms with Gasteiger partial charge >= 0.3 is 0 Å². The summed E-state index contributed by atoms with van der Waals surface area (Å²) in [4.78, 5) is 35.2. The lowest BCUT2D eigenvalue weighted by Gasteiger charge is -2.17. The third-order valence-corrected chi connectivity index (χ3v) is 2.49. The summed E-state index contributed by atoms with van der Waals surface area (Å²) in [6, 6.07) is 6.18. The van der Waals surface area contributed by atoms with Gasteiger partial charge in [-0.2, -0.15) is 0 Å². The van der Waals surface area contributed by atoms with Crippen LogP contribution in [0.3, 0.4) is 0 Å². The minimum absolute atomic E-state index is 0.349. The molecule has 1 aromatic rings. The van der Waals surface area contributed by atoms with Crippen LogP contribution in [0.25, 0.3) is 0 Å². The third kappa shape index (κ3) is 3.76. The summed E-state index contributed by atoms with van der Waals surface area (Å²) < 4.78 is 0. The van der Waals surface area contributed by atoms with Crippen molar-refractivity contribution in [3.05, 3.63) is 29.8 Å². The van der Waals surface area contributed by atoms with E-state index in [1.54, 1.807) is 12.1 Å². The molecule has 6 N–H and O–H groups in total. The zero-order valence-corrected chi connectivity index (χ0v) is 10.3. The molecule has 0 heterocycles. The van der Waals surface area contributed by atoms with Crippen molar-refractivity contribution in [3.63, 3.8) is 0 Å². The van der Waals surface area contributed by atoms with Crippen LogP contribution in [0.15, 0.2) is 24.3 Å². The number of carbonyl (C=O) groups is 3. The molecule has 0 aromatic heterocycles. The van der Waals surface area contributed by atoms with E-state index in [1.165, 1.54) is 24.1 Å². The first-order chi connectivity index (χ1) is 8.99. The SMILES string of the molecule is CN(C(=O)CC(=O)NN)c1ccc(C(=O)NN)cc1. The summed E-state index contributed by atoms with van der Waals surface area (Å²) in [6.07, 6.45) is -0.349. The Morgan fingerprint density at radius 2 is 1.68 bits per heavy atom. The van der Waals surface area contributed by atoms with E-state index in [9.17, 15) is 14.4 Å². The van der Waals surface area contributed by atoms with Gasteiger partial charge in [0.25, 0.3) is 5.91 Å². The summed E-state index contributed by atoms with van der Waals surface area (Å²) >= 11 is 0. The molecule has 0 fully saturated rings. The largest absolute Gasteiger partial charge is 0.315 e. The minimum Gasteiger partial charge on any atom is -0.315 e. The van der Waals surface area contributed by atoms with E-state index in [1.807, 2.05) is 10.9 Å². The van der Waals surface area contributed by atoms with E-state index in [0.29, 0.717) is 11.3 Å². The average Bonchev–Trinajstić information content (AvgIpc) is 2.45. The van der Waals surface area contributed by atoms with Crippen LogP contribution in [-0.4, -0.2) is 24.8 Å². The van der Waals surface area contributed by atoms with Crippen LogP contribution in [0.1, 0.15) is 16.8 Å². The highest BCUT2D eigenvalue weighted by Crippen LogP contribution is 2.14. The molecule has 0 aliphatic heterocycles. The predicted octanol–water partition coefficient (Wildman–Crippen LogP) is -1.37. The minimum atomic E-state index is -0.573. The first-order valence-electron chi connectivity index (χ1n) is 5.36. The van der Waals surface area contributed by atoms with Crippen LogP contribution in [0, 0.1) is 0 Å². The molecule has 0 radical (unpaired) electrons. The number of nitrogens with one attached hydrogen (secondary N) is 2. The smallest absolute Gasteiger partial charge is 0.265 e. The Bertz CT molecular complexity index is 486. The number of nitrogens with two attached hydrogens (primary N) is 2. The van der Waals surface area contributed by atoms with Gasteiger partial charge in [-0.15, -0.1) is 0 Å². The normalized spacial score (nSPS) is 9.63. The van der Waals surface area contributed by atoms with Crippen molar-refractivity contribution < 1.29 is 14.4 Å². The average molecular weight is 265 g/mol. The molecule has 0 saturated heterocycles. The van der Waals surface area contributed by atoms with Crippen LogP contribution >= 0.6 is 0 Å². The quantitative estimate of drug-likeness (QED) is 0.231. The molecular formula is C11H15N5O3. The van der Waals surface area contributed by atoms with Gasteiger partial charge in [-0.25, -0.2) is 11.7 Å². The number of hydrazine groups is 2. The lowest BCUT2D eigenvalue weighted by atomic mass is 10.2. The van der Waals surface area contributed by atoms with Crippen LogP contribution in [0.5, 0.6) is 0 Å². The molecule has 8 nitrogen and oxygen atoms in total. The molecule has 8 heteroatoms. The summed E-state index contributed by atoms with van der Waals surface area (Å²) in [5.41, 5.74) is 4.79. The molecular weight excluding hydrogens is 250 g/mol. The summed E-state index contributed by atoms with van der Waals surface area (Å²) in [7, 11) is 1.52. The van der Waals surface area contributed by atoms with Crippen molar-refractivity contribution in [1.82, 2.24) is 10.9 Å². The number of hydrogen-bond donors (Lipinski definition) is 4. The van der Waals surface area contributed by atoms with Gasteiger partial charge in [-0.3, -0.25) is 25.2 Å². The monoisotopic (exact) mass is 265 g/mol. The van der Waals surface area contributed by atoms with Gasteiger partial charge in [-0.05, 0) is 24.3 Å². The third-order valence-electron chi connectivity index (χ3n) is 2.49. The second kappa shape index (κ2) is 6.47. The highest BCUT2D eigenvalue weighted by Gasteiger charge is 2.15. The van der Waals surface area contributed by atoms with Gasteiger partial charge in [0.2, 0.25) is 11.8 Å². The maximum atomic E-state index is 11.7. The molecule has 0 saturated carbocycles. The van der Waals surface area contributed by atoms with Crippen LogP contribution in [-0.2, 0) is 9.59 Å². The fourth-order valence-electron chi connectivity index (χ4n) is 1.37. The number of hydrogen-bond acceptors (Lipinski definition) is 5. The van der Waals surface area contributed by atoms with Crippen molar-refractivity contribution in [2.75, 3.05) is 11.9 Å². The van der Waals surface area contributed by atoms with E-state index < -0.39 is 17.7 Å². The molecule has 1 rings (SSSR count). The number of anilines is 1. The number of nitrogen functional groups attached to an aromatic ring is 1. The van der Waals surface area contributed by atoms with Gasteiger partial charge in [0, 0.05) is 18.3 Å². The van der Waals surface area contributed by atoms with Crippen LogP contribution in [0.2, 0.25) is 0 Å². The van der Waals surface area contributed by atoms with Crippen molar-refractivity contribution >= 4 is 23.4 Å². The van der Waals surface area contributed by atoms with E-state index in [4.69, 9.17) is 11.7 Å². The van der Waals surface area contributed by atoms with Gasteiger partial charge in [-0.1, -0.05) is 0 Å². The number of nitrogens with zero attached hydrogens (tertiary/aromatic N) is 1. The topological polar surface area (TPSA) is 131 Å². The molecule has 0 aliphatic carbocycles. The standard InChI is InChI=1S/C11H15N5O3/c1-16(10(18)6-9(17)14-12)8-4-2-7(3-5-8)11(19)15-13/h2-5H,6,12-13H2,1H3,(H,14,17)(H,15,19). The number of carbonyl (C=O) groups excluding carboxylic acids is 3. The van der Waals surface area contributed by atoms with Crippen molar-refractivity contribution in [2.24, 2.45) is 11.7 Å². The Hall–Kier alpha value is -2.45. The van der Waals surface area contributed by atoms with Crippen molar-refractivity contribution in [2.45, 2.75) is 6.42 Å². The van der Waals surface area contributed by atoms with Gasteiger partial charge in [0.1, 0.15) is 6.42 Å². The summed E-state index contributed by atoms with van der Waals surface area (Å²) in [5.74, 6) is 8.48. The molecule has 0 atom stereocenters. The highest BCUT2D eigenvalue weighted by atomic mass is 16.2. The second-order valence-electron chi connectivity index (χ2n) is 3.72. The first-order valence-corrected chi connectivity index (χ1v) is 5.36. The van der Waals surface area contributed by atoms with Gasteiger partial charge in [0.05, 0.1) is 0 Å². The highest BCUT2D eigenvalue weighted by molar-refractivity contribution is 6.04. The summed E-state index contributed by atoms with van der Waals surface area (Å²) in [6.45, 7) is 0. The summed E-state index contributed by atoms with van der Waals surface area (Å²) in [5, 5.41) is 0. The van der Waals surface area contributed by atoms with E-state index in [0.717, 1.165) is 0 Å². The molecule has 0 bridgehead atoms. The Morgan fingerprint density at radius 3 is 2.16 bits per heavy atom. The molecule has 0 spiro atoms. The number of benzene rings is 1. The predicted molar refractivity (Wildman–Crippen MR) is 68.5 cm³/mol. The van der Waals surface area contributed by atoms with E-state index >= 15 is 0 Å². The number of amides is 3. The molecule has 0 aliphatic rings. The van der Waals surface area contributed by atoms with Crippen LogP contribution < -0.4 is 27.4 Å². The molecule has 3 amide bonds. The Balaban J connectivity index is 2.77. The zero-order chi connectivity index (χ0) is 14.4. The molecule has 102 valence electrons. The maximum absolute atomic E-state index is 11.7. The van der Waals surface area contributed by atoms with Crippen molar-refractivity contribution in [1.29, 1.82) is 0 Å². The van der Waals surface area contributed by atoms with Gasteiger partial charge in [0.15, 0.2) is 0 Å². The maximum Gasteiger partial charge on any atom is 0.265 e. The Kier molecular flexibility index (Phi) is 4.98. The fraction of sp³-hybridized carbons (Fsp3) is 0.182. The molecule has 19 heavy (non-hydrogen) atoms. The van der Waals surface area contributed by atoms with Crippen molar-refractivity contribution in [3.8, 4) is 0 Å². The molecule has 1 aromatic carbocycles. The zero-order valence-electron chi connectivity index (χ0n) is 10.3. The Labute approximate surface area is 109 Å². The Morgan fingerprint density at radius 1 is 1.11 bits per heavy atom. The van der Waals surface area contributed by atoms with Gasteiger partial charge < -0.3 is 4.90 Å².